The van der Waals surface area contributed by atoms with Gasteiger partial charge in [-0.15, -0.1) is 0 Å². The number of aryl methyl sites for hydroxylation is 1. The van der Waals surface area contributed by atoms with E-state index in [1.807, 2.05) is 73.7 Å². The number of nitrogens with zero attached hydrogens (tertiary/aromatic N) is 2. The summed E-state index contributed by atoms with van der Waals surface area (Å²) in [6.45, 7) is 2.28. The number of hydrogen-bond acceptors (Lipinski definition) is 4. The number of anilines is 1. The van der Waals surface area contributed by atoms with Crippen LogP contribution in [0, 0.1) is 6.92 Å². The third-order valence-corrected chi connectivity index (χ3v) is 6.02. The Morgan fingerprint density at radius 1 is 0.912 bits per heavy atom. The minimum Gasteiger partial charge on any atom is -0.322 e. The van der Waals surface area contributed by atoms with Crippen molar-refractivity contribution < 1.29 is 14.4 Å². The van der Waals surface area contributed by atoms with Gasteiger partial charge in [-0.2, -0.15) is 0 Å². The Bertz CT molecular complexity index is 1390. The van der Waals surface area contributed by atoms with E-state index in [-0.39, 0.29) is 37.1 Å². The largest absolute Gasteiger partial charge is 0.322 e. The quantitative estimate of drug-likeness (QED) is 0.429. The molecular formula is C28H23N3O3. The molecule has 0 bridgehead atoms. The molecule has 6 nitrogen and oxygen atoms in total. The Kier molecular flexibility index (Phi) is 5.64. The average Bonchev–Trinajstić information content (AvgIpc) is 3.17. The zero-order valence-corrected chi connectivity index (χ0v) is 18.7. The third-order valence-electron chi connectivity index (χ3n) is 6.02. The highest BCUT2D eigenvalue weighted by Crippen LogP contribution is 2.26. The van der Waals surface area contributed by atoms with E-state index in [0.29, 0.717) is 11.3 Å². The molecule has 4 aromatic rings. The summed E-state index contributed by atoms with van der Waals surface area (Å²) < 4.78 is 0. The number of imide groups is 1. The maximum atomic E-state index is 13.3. The molecule has 0 radical (unpaired) electrons. The lowest BCUT2D eigenvalue weighted by Crippen LogP contribution is -2.28. The van der Waals surface area contributed by atoms with Crippen LogP contribution in [-0.4, -0.2) is 27.6 Å². The van der Waals surface area contributed by atoms with Crippen LogP contribution in [0.2, 0.25) is 0 Å². The van der Waals surface area contributed by atoms with E-state index in [1.54, 1.807) is 12.1 Å². The average molecular weight is 450 g/mol. The van der Waals surface area contributed by atoms with Crippen LogP contribution in [0.5, 0.6) is 0 Å². The molecule has 1 fully saturated rings. The Balaban J connectivity index is 1.40. The number of nitrogens with one attached hydrogen (secondary N) is 1. The molecule has 0 saturated carbocycles. The van der Waals surface area contributed by atoms with Gasteiger partial charge in [-0.3, -0.25) is 19.3 Å². The molecule has 0 unspecified atom stereocenters. The van der Waals surface area contributed by atoms with Crippen molar-refractivity contribution in [2.45, 2.75) is 26.3 Å². The van der Waals surface area contributed by atoms with Crippen LogP contribution in [0.15, 0.2) is 78.9 Å². The van der Waals surface area contributed by atoms with Crippen molar-refractivity contribution >= 4 is 34.3 Å². The minimum atomic E-state index is -0.232. The van der Waals surface area contributed by atoms with Gasteiger partial charge in [0.2, 0.25) is 11.8 Å². The van der Waals surface area contributed by atoms with Gasteiger partial charge in [0, 0.05) is 29.5 Å². The number of likely N-dealkylation sites (tertiary alicyclic amines) is 1. The summed E-state index contributed by atoms with van der Waals surface area (Å²) >= 11 is 0. The number of rotatable bonds is 5. The number of carbonyl (C=O) groups is 3. The number of pyridine rings is 1. The first-order valence-electron chi connectivity index (χ1n) is 11.2. The maximum absolute atomic E-state index is 13.3. The molecule has 1 N–H and O–H groups in total. The lowest BCUT2D eigenvalue weighted by molar-refractivity contribution is -0.139. The van der Waals surface area contributed by atoms with E-state index in [9.17, 15) is 14.4 Å². The van der Waals surface area contributed by atoms with E-state index in [2.05, 4.69) is 5.32 Å². The Labute approximate surface area is 197 Å². The van der Waals surface area contributed by atoms with E-state index in [1.165, 1.54) is 4.90 Å². The van der Waals surface area contributed by atoms with Gasteiger partial charge in [0.25, 0.3) is 5.91 Å². The van der Waals surface area contributed by atoms with Crippen molar-refractivity contribution in [3.63, 3.8) is 0 Å². The highest BCUT2D eigenvalue weighted by Gasteiger charge is 2.28. The molecule has 0 atom stereocenters. The zero-order valence-electron chi connectivity index (χ0n) is 18.7. The van der Waals surface area contributed by atoms with Gasteiger partial charge in [-0.05, 0) is 36.8 Å². The van der Waals surface area contributed by atoms with E-state index in [4.69, 9.17) is 4.98 Å². The molecule has 0 spiro atoms. The second kappa shape index (κ2) is 8.90. The second-order valence-electron chi connectivity index (χ2n) is 8.46. The molecule has 5 rings (SSSR count). The number of carbonyl (C=O) groups excluding carboxylic acids is 3. The predicted octanol–water partition coefficient (Wildman–Crippen LogP) is 5.11. The molecule has 168 valence electrons. The summed E-state index contributed by atoms with van der Waals surface area (Å²) in [6, 6.07) is 24.7. The van der Waals surface area contributed by atoms with Crippen molar-refractivity contribution in [1.29, 1.82) is 0 Å². The van der Waals surface area contributed by atoms with E-state index in [0.717, 1.165) is 33.3 Å². The summed E-state index contributed by atoms with van der Waals surface area (Å²) in [4.78, 5) is 43.0. The van der Waals surface area contributed by atoms with Gasteiger partial charge in [0.05, 0.1) is 23.3 Å². The van der Waals surface area contributed by atoms with Crippen LogP contribution in [-0.2, 0) is 16.1 Å². The molecular weight excluding hydrogens is 426 g/mol. The lowest BCUT2D eigenvalue weighted by Gasteiger charge is -2.14. The molecule has 3 amide bonds. The van der Waals surface area contributed by atoms with Crippen molar-refractivity contribution in [2.24, 2.45) is 0 Å². The number of amides is 3. The monoisotopic (exact) mass is 449 g/mol. The van der Waals surface area contributed by atoms with Gasteiger partial charge in [-0.1, -0.05) is 60.2 Å². The summed E-state index contributed by atoms with van der Waals surface area (Å²) in [7, 11) is 0. The van der Waals surface area contributed by atoms with Gasteiger partial charge in [-0.25, -0.2) is 4.98 Å². The van der Waals surface area contributed by atoms with Gasteiger partial charge in [0.1, 0.15) is 0 Å². The van der Waals surface area contributed by atoms with Crippen molar-refractivity contribution in [3.8, 4) is 11.3 Å². The summed E-state index contributed by atoms with van der Waals surface area (Å²) in [5.74, 6) is -0.516. The first-order valence-corrected chi connectivity index (χ1v) is 11.2. The molecule has 2 heterocycles. The molecule has 1 saturated heterocycles. The van der Waals surface area contributed by atoms with Crippen LogP contribution in [0.25, 0.3) is 22.2 Å². The van der Waals surface area contributed by atoms with Crippen LogP contribution in [0.3, 0.4) is 0 Å². The first kappa shape index (κ1) is 21.5. The van der Waals surface area contributed by atoms with Gasteiger partial charge >= 0.3 is 0 Å². The number of aromatic nitrogens is 1. The standard InChI is InChI=1S/C28H23N3O3/c1-18-6-10-20(11-7-18)25-16-23(22-4-2-3-5-24(22)30-25)28(34)29-21-12-8-19(9-13-21)17-31-26(32)14-15-27(31)33/h2-13,16H,14-15,17H2,1H3,(H,29,34). The molecule has 0 aliphatic carbocycles. The van der Waals surface area contributed by atoms with E-state index < -0.39 is 0 Å². The topological polar surface area (TPSA) is 79.4 Å². The number of para-hydroxylation sites is 1. The smallest absolute Gasteiger partial charge is 0.256 e. The highest BCUT2D eigenvalue weighted by atomic mass is 16.2. The lowest BCUT2D eigenvalue weighted by atomic mass is 10.0. The number of hydrogen-bond donors (Lipinski definition) is 1. The second-order valence-corrected chi connectivity index (χ2v) is 8.46. The van der Waals surface area contributed by atoms with E-state index >= 15 is 0 Å². The van der Waals surface area contributed by atoms with Crippen molar-refractivity contribution in [1.82, 2.24) is 9.88 Å². The fraction of sp³-hybridized carbons (Fsp3) is 0.143. The summed E-state index contributed by atoms with van der Waals surface area (Å²) in [5, 5.41) is 3.74. The Morgan fingerprint density at radius 3 is 2.29 bits per heavy atom. The molecule has 1 aromatic heterocycles. The van der Waals surface area contributed by atoms with Gasteiger partial charge < -0.3 is 5.32 Å². The Morgan fingerprint density at radius 2 is 1.59 bits per heavy atom. The van der Waals surface area contributed by atoms with Crippen LogP contribution in [0.1, 0.15) is 34.3 Å². The fourth-order valence-electron chi connectivity index (χ4n) is 4.11. The van der Waals surface area contributed by atoms with Crippen LogP contribution < -0.4 is 5.32 Å². The molecule has 3 aromatic carbocycles. The molecule has 1 aliphatic rings. The number of fused-ring (bicyclic) bond motifs is 1. The molecule has 1 aliphatic heterocycles. The minimum absolute atomic E-state index is 0.142. The summed E-state index contributed by atoms with van der Waals surface area (Å²) in [6.07, 6.45) is 0.550. The van der Waals surface area contributed by atoms with Crippen LogP contribution >= 0.6 is 0 Å². The maximum Gasteiger partial charge on any atom is 0.256 e. The van der Waals surface area contributed by atoms with Crippen molar-refractivity contribution in [3.05, 3.63) is 95.6 Å². The highest BCUT2D eigenvalue weighted by molar-refractivity contribution is 6.13. The molecule has 34 heavy (non-hydrogen) atoms. The first-order chi connectivity index (χ1) is 16.5. The SMILES string of the molecule is Cc1ccc(-c2cc(C(=O)Nc3ccc(CN4C(=O)CCC4=O)cc3)c3ccccc3n2)cc1. The zero-order chi connectivity index (χ0) is 23.7. The fourth-order valence-corrected chi connectivity index (χ4v) is 4.11. The predicted molar refractivity (Wildman–Crippen MR) is 131 cm³/mol. The Hall–Kier alpha value is -4.32. The van der Waals surface area contributed by atoms with Crippen LogP contribution in [0.4, 0.5) is 5.69 Å². The summed E-state index contributed by atoms with van der Waals surface area (Å²) in [5.41, 5.74) is 5.59. The molecule has 6 heteroatoms. The van der Waals surface area contributed by atoms with Crippen molar-refractivity contribution in [2.75, 3.05) is 5.32 Å². The normalized spacial score (nSPS) is 13.5. The van der Waals surface area contributed by atoms with Gasteiger partial charge in [0.15, 0.2) is 0 Å². The third kappa shape index (κ3) is 4.30. The number of benzene rings is 3.